The number of hydrogen-bond donors (Lipinski definition) is 2. The second kappa shape index (κ2) is 16.3. The van der Waals surface area contributed by atoms with Crippen LogP contribution in [0.1, 0.15) is 62.5 Å². The van der Waals surface area contributed by atoms with Gasteiger partial charge >= 0.3 is 12.0 Å². The second-order valence-corrected chi connectivity index (χ2v) is 12.0. The van der Waals surface area contributed by atoms with E-state index in [1.165, 1.54) is 24.1 Å². The van der Waals surface area contributed by atoms with Gasteiger partial charge in [0.1, 0.15) is 0 Å². The number of benzene rings is 2. The van der Waals surface area contributed by atoms with Crippen molar-refractivity contribution in [2.24, 2.45) is 11.5 Å². The van der Waals surface area contributed by atoms with Crippen molar-refractivity contribution in [3.8, 4) is 0 Å². The van der Waals surface area contributed by atoms with Gasteiger partial charge in [0.25, 0.3) is 5.69 Å². The van der Waals surface area contributed by atoms with E-state index >= 15 is 0 Å². The minimum absolute atomic E-state index is 0.0534. The average molecular weight is 647 g/mol. The quantitative estimate of drug-likeness (QED) is 0.132. The summed E-state index contributed by atoms with van der Waals surface area (Å²) in [6.07, 6.45) is 7.33. The summed E-state index contributed by atoms with van der Waals surface area (Å²) in [5.74, 6) is -1.39. The van der Waals surface area contributed by atoms with Gasteiger partial charge in [-0.25, -0.2) is 4.79 Å². The Hall–Kier alpha value is -4.55. The van der Waals surface area contributed by atoms with Gasteiger partial charge in [0, 0.05) is 48.6 Å². The molecule has 1 saturated heterocycles. The Morgan fingerprint density at radius 2 is 1.68 bits per heavy atom. The van der Waals surface area contributed by atoms with Crippen LogP contribution in [-0.2, 0) is 19.7 Å². The van der Waals surface area contributed by atoms with Crippen LogP contribution >= 0.6 is 0 Å². The van der Waals surface area contributed by atoms with Crippen molar-refractivity contribution in [3.63, 3.8) is 0 Å². The summed E-state index contributed by atoms with van der Waals surface area (Å²) in [4.78, 5) is 56.1. The Labute approximate surface area is 276 Å². The first kappa shape index (κ1) is 35.3. The molecule has 1 fully saturated rings. The number of esters is 1. The molecule has 1 unspecified atom stereocenters. The molecule has 47 heavy (non-hydrogen) atoms. The van der Waals surface area contributed by atoms with Crippen molar-refractivity contribution in [2.45, 2.75) is 56.8 Å². The van der Waals surface area contributed by atoms with E-state index in [9.17, 15) is 24.5 Å². The Bertz CT molecular complexity index is 1470. The maximum atomic E-state index is 14.1. The predicted octanol–water partition coefficient (Wildman–Crippen LogP) is 4.41. The van der Waals surface area contributed by atoms with Crippen molar-refractivity contribution in [1.29, 1.82) is 0 Å². The number of urea groups is 1. The zero-order valence-electron chi connectivity index (χ0n) is 27.3. The number of carbonyl (C=O) groups is 3. The number of nitrogens with zero attached hydrogens (tertiary/aromatic N) is 4. The molecule has 0 aliphatic carbocycles. The number of unbranched alkanes of at least 4 members (excludes halogenated alkanes) is 1. The third kappa shape index (κ3) is 8.06. The topological polar surface area (TPSA) is 165 Å². The fourth-order valence-corrected chi connectivity index (χ4v) is 6.69. The SMILES string of the molecule is CCC1=C(C(N)=O)C(c2ccc([N+](=O)[O-])cc2)C=CN1C(=O)N(CCCCN)CCCN1CCC(C(=O)OC)(c2ccccc2)CC1. The largest absolute Gasteiger partial charge is 0.468 e. The molecular weight excluding hydrogens is 600 g/mol. The summed E-state index contributed by atoms with van der Waals surface area (Å²) < 4.78 is 5.23. The maximum absolute atomic E-state index is 14.1. The van der Waals surface area contributed by atoms with Crippen LogP contribution in [0, 0.1) is 10.1 Å². The highest BCUT2D eigenvalue weighted by atomic mass is 16.6. The first-order valence-corrected chi connectivity index (χ1v) is 16.3. The van der Waals surface area contributed by atoms with Crippen LogP contribution in [0.5, 0.6) is 0 Å². The molecule has 252 valence electrons. The molecule has 0 bridgehead atoms. The van der Waals surface area contributed by atoms with Crippen LogP contribution < -0.4 is 11.5 Å². The molecule has 0 aromatic heterocycles. The Balaban J connectivity index is 1.46. The van der Waals surface area contributed by atoms with Crippen molar-refractivity contribution in [2.75, 3.05) is 46.4 Å². The Kier molecular flexibility index (Phi) is 12.3. The first-order chi connectivity index (χ1) is 22.7. The number of carbonyl (C=O) groups excluding carboxylic acids is 3. The number of ether oxygens (including phenoxy) is 1. The van der Waals surface area contributed by atoms with Gasteiger partial charge in [0.2, 0.25) is 5.91 Å². The summed E-state index contributed by atoms with van der Waals surface area (Å²) in [6.45, 7) is 5.61. The van der Waals surface area contributed by atoms with Crippen molar-refractivity contribution < 1.29 is 24.0 Å². The highest BCUT2D eigenvalue weighted by Gasteiger charge is 2.44. The monoisotopic (exact) mass is 646 g/mol. The zero-order chi connectivity index (χ0) is 34.0. The third-order valence-corrected chi connectivity index (χ3v) is 9.28. The van der Waals surface area contributed by atoms with Crippen molar-refractivity contribution >= 4 is 23.6 Å². The van der Waals surface area contributed by atoms with Crippen LogP contribution in [0.25, 0.3) is 0 Å². The number of piperidine rings is 1. The predicted molar refractivity (Wildman–Crippen MR) is 179 cm³/mol. The van der Waals surface area contributed by atoms with E-state index < -0.39 is 22.2 Å². The van der Waals surface area contributed by atoms with Crippen LogP contribution in [0.2, 0.25) is 0 Å². The van der Waals surface area contributed by atoms with Gasteiger partial charge in [-0.15, -0.1) is 0 Å². The van der Waals surface area contributed by atoms with Crippen molar-refractivity contribution in [3.05, 3.63) is 99.4 Å². The summed E-state index contributed by atoms with van der Waals surface area (Å²) in [6, 6.07) is 15.6. The lowest BCUT2D eigenvalue weighted by atomic mass is 9.72. The van der Waals surface area contributed by atoms with Crippen molar-refractivity contribution in [1.82, 2.24) is 14.7 Å². The normalized spacial score (nSPS) is 17.8. The minimum atomic E-state index is -0.662. The second-order valence-electron chi connectivity index (χ2n) is 12.0. The zero-order valence-corrected chi connectivity index (χ0v) is 27.3. The molecule has 2 aliphatic rings. The molecule has 0 saturated carbocycles. The molecule has 4 N–H and O–H groups in total. The number of non-ortho nitro benzene ring substituents is 1. The summed E-state index contributed by atoms with van der Waals surface area (Å²) in [5.41, 5.74) is 13.4. The smallest absolute Gasteiger partial charge is 0.328 e. The van der Waals surface area contributed by atoms with Crippen LogP contribution in [0.15, 0.2) is 78.1 Å². The number of primary amides is 1. The molecule has 2 heterocycles. The van der Waals surface area contributed by atoms with E-state index in [1.54, 1.807) is 29.3 Å². The maximum Gasteiger partial charge on any atom is 0.328 e. The fraction of sp³-hybridized carbons (Fsp3) is 0.457. The van der Waals surface area contributed by atoms with E-state index in [2.05, 4.69) is 4.90 Å². The number of nitro groups is 1. The summed E-state index contributed by atoms with van der Waals surface area (Å²) in [7, 11) is 1.44. The van der Waals surface area contributed by atoms with E-state index in [1.807, 2.05) is 37.3 Å². The summed E-state index contributed by atoms with van der Waals surface area (Å²) >= 11 is 0. The fourth-order valence-electron chi connectivity index (χ4n) is 6.69. The van der Waals surface area contributed by atoms with Gasteiger partial charge < -0.3 is 26.0 Å². The standard InChI is InChI=1S/C35H46N6O6/c1-3-30-31(32(37)42)29(26-12-14-28(15-13-26)41(45)46)16-23-40(30)34(44)39(21-8-7-19-36)22-9-20-38-24-17-35(18-25-38,33(43)47-2)27-10-5-4-6-11-27/h4-6,10-16,23,29H,3,7-9,17-22,24-25,36H2,1-2H3,(H2,37,42). The van der Waals surface area contributed by atoms with Gasteiger partial charge in [0.15, 0.2) is 0 Å². The lowest BCUT2D eigenvalue weighted by Gasteiger charge is -2.40. The number of methoxy groups -OCH3 is 1. The van der Waals surface area contributed by atoms with Gasteiger partial charge in [-0.2, -0.15) is 0 Å². The number of rotatable bonds is 14. The molecule has 0 radical (unpaired) electrons. The molecule has 4 rings (SSSR count). The molecule has 1 atom stereocenters. The minimum Gasteiger partial charge on any atom is -0.468 e. The third-order valence-electron chi connectivity index (χ3n) is 9.28. The van der Waals surface area contributed by atoms with Crippen LogP contribution in [-0.4, -0.2) is 83.9 Å². The van der Waals surface area contributed by atoms with E-state index in [-0.39, 0.29) is 17.7 Å². The van der Waals surface area contributed by atoms with Gasteiger partial charge in [0.05, 0.1) is 17.4 Å². The highest BCUT2D eigenvalue weighted by Crippen LogP contribution is 2.38. The lowest BCUT2D eigenvalue weighted by molar-refractivity contribution is -0.384. The molecule has 2 aromatic rings. The number of amides is 3. The number of likely N-dealkylation sites (tertiary alicyclic amines) is 1. The van der Waals surface area contributed by atoms with Gasteiger partial charge in [-0.3, -0.25) is 24.6 Å². The van der Waals surface area contributed by atoms with Crippen LogP contribution in [0.3, 0.4) is 0 Å². The average Bonchev–Trinajstić information content (AvgIpc) is 3.10. The Morgan fingerprint density at radius 1 is 1.02 bits per heavy atom. The first-order valence-electron chi connectivity index (χ1n) is 16.3. The summed E-state index contributed by atoms with van der Waals surface area (Å²) in [5, 5.41) is 11.1. The van der Waals surface area contributed by atoms with Gasteiger partial charge in [-0.05, 0) is 75.8 Å². The van der Waals surface area contributed by atoms with E-state index in [0.717, 1.165) is 44.5 Å². The molecule has 0 spiro atoms. The highest BCUT2D eigenvalue weighted by molar-refractivity contribution is 5.96. The van der Waals surface area contributed by atoms with Gasteiger partial charge in [-0.1, -0.05) is 55.5 Å². The number of hydrogen-bond acceptors (Lipinski definition) is 8. The molecule has 12 nitrogen and oxygen atoms in total. The molecule has 2 aliphatic heterocycles. The molecular formula is C35H46N6O6. The number of nitro benzene ring substituents is 1. The van der Waals surface area contributed by atoms with Crippen LogP contribution in [0.4, 0.5) is 10.5 Å². The number of allylic oxidation sites excluding steroid dienone is 2. The van der Waals surface area contributed by atoms with E-state index in [4.69, 9.17) is 16.2 Å². The Morgan fingerprint density at radius 3 is 2.26 bits per heavy atom. The molecule has 3 amide bonds. The molecule has 12 heteroatoms. The number of nitrogens with two attached hydrogens (primary N) is 2. The van der Waals surface area contributed by atoms with E-state index in [0.29, 0.717) is 55.7 Å². The lowest BCUT2D eigenvalue weighted by Crippen LogP contribution is -2.48. The molecule has 2 aromatic carbocycles.